The molecule has 5 aliphatic rings. The zero-order valence-corrected chi connectivity index (χ0v) is 73.6. The highest BCUT2D eigenvalue weighted by Gasteiger charge is 2.23. The number of hydrogen-bond acceptors (Lipinski definition) is 10. The number of rotatable bonds is 39. The summed E-state index contributed by atoms with van der Waals surface area (Å²) in [6.07, 6.45) is 41.5. The standard InChI is InChI=1S/2C21H34O2.2C20H32O2.C19H30O2/c1-5-17(3)20-10-12-21(13-11-20)23-18(4)22-15-14-19-8-6-16(2)7-9-19;1-4-17(2)20-12-14-21(15-13-20)23-18(3)22-16-8-11-19-9-6-5-7-10-19;1-5-16(3)19-10-12-20(13-11-19)22-17(4)21-14-18-8-6-15(2)7-9-18;1-4-16(2)19-10-12-20(13-11-19)22-17(3)21-15-14-18-8-6-5-7-9-18;1-4-15(2)18-10-12-19(13-11-18)21-16(3)20-14-17-8-6-5-7-9-17/h10-13,16-19H,5-9,14-15H2,1-4H3;12-15,17-19H,4-11,16H2,1-3H3;10-13,15-18H,5-9,14H2,1-4H3;10-13,16-18H,4-9,14-15H2,1-3H3;10-13,15-17H,4-9,14H2,1-3H3. The molecule has 5 aromatic rings. The lowest BCUT2D eigenvalue weighted by Crippen LogP contribution is -2.23. The molecule has 0 heterocycles. The molecule has 10 unspecified atom stereocenters. The first kappa shape index (κ1) is 94.8. The van der Waals surface area contributed by atoms with Crippen LogP contribution in [0, 0.1) is 41.4 Å². The molecule has 0 spiro atoms. The molecule has 0 saturated heterocycles. The first-order valence-electron chi connectivity index (χ1n) is 45.6. The monoisotopic (exact) mass is 1540 g/mol. The van der Waals surface area contributed by atoms with E-state index in [0.717, 1.165) is 110 Å². The second-order valence-electron chi connectivity index (χ2n) is 34.6. The van der Waals surface area contributed by atoms with Crippen LogP contribution < -0.4 is 23.7 Å². The van der Waals surface area contributed by atoms with Gasteiger partial charge in [-0.05, 0) is 278 Å². The number of ether oxygens (including phenoxy) is 10. The van der Waals surface area contributed by atoms with Gasteiger partial charge in [-0.2, -0.15) is 0 Å². The Morgan fingerprint density at radius 1 is 0.243 bits per heavy atom. The van der Waals surface area contributed by atoms with Gasteiger partial charge < -0.3 is 47.4 Å². The summed E-state index contributed by atoms with van der Waals surface area (Å²) in [6.45, 7) is 41.2. The Morgan fingerprint density at radius 3 is 0.730 bits per heavy atom. The maximum atomic E-state index is 5.90. The highest BCUT2D eigenvalue weighted by Crippen LogP contribution is 2.35. The van der Waals surface area contributed by atoms with Crippen molar-refractivity contribution in [2.75, 3.05) is 33.0 Å². The van der Waals surface area contributed by atoms with Crippen molar-refractivity contribution in [3.8, 4) is 28.7 Å². The van der Waals surface area contributed by atoms with Crippen LogP contribution in [0.2, 0.25) is 0 Å². The van der Waals surface area contributed by atoms with Crippen molar-refractivity contribution < 1.29 is 47.4 Å². The van der Waals surface area contributed by atoms with Crippen molar-refractivity contribution in [1.82, 2.24) is 0 Å². The van der Waals surface area contributed by atoms with Crippen LogP contribution in [-0.4, -0.2) is 64.5 Å². The second-order valence-corrected chi connectivity index (χ2v) is 34.6. The smallest absolute Gasteiger partial charge is 0.196 e. The van der Waals surface area contributed by atoms with Gasteiger partial charge in [0.1, 0.15) is 28.7 Å². The van der Waals surface area contributed by atoms with E-state index < -0.39 is 0 Å². The first-order valence-corrected chi connectivity index (χ1v) is 45.6. The van der Waals surface area contributed by atoms with E-state index in [4.69, 9.17) is 47.4 Å². The predicted octanol–water partition coefficient (Wildman–Crippen LogP) is 29.7. The molecule has 0 N–H and O–H groups in total. The highest BCUT2D eigenvalue weighted by atomic mass is 16.7. The van der Waals surface area contributed by atoms with Gasteiger partial charge in [0, 0.05) is 0 Å². The molecule has 0 amide bonds. The minimum Gasteiger partial charge on any atom is -0.465 e. The van der Waals surface area contributed by atoms with Crippen LogP contribution in [0.4, 0.5) is 0 Å². The molecule has 10 heteroatoms. The molecule has 10 nitrogen and oxygen atoms in total. The molecular weight excluding hydrogens is 1370 g/mol. The average Bonchev–Trinajstić information content (AvgIpc) is 0.898. The van der Waals surface area contributed by atoms with Crippen LogP contribution >= 0.6 is 0 Å². The summed E-state index contributed by atoms with van der Waals surface area (Å²) in [5.41, 5.74) is 6.88. The van der Waals surface area contributed by atoms with Gasteiger partial charge in [0.05, 0.1) is 33.0 Å². The Kier molecular flexibility index (Phi) is 47.3. The Balaban J connectivity index is 0.000000217. The molecule has 626 valence electrons. The summed E-state index contributed by atoms with van der Waals surface area (Å²) in [5.74, 6) is 13.5. The van der Waals surface area contributed by atoms with Gasteiger partial charge in [-0.25, -0.2) is 0 Å². The van der Waals surface area contributed by atoms with E-state index in [-0.39, 0.29) is 31.5 Å². The van der Waals surface area contributed by atoms with Gasteiger partial charge >= 0.3 is 0 Å². The van der Waals surface area contributed by atoms with E-state index in [1.165, 1.54) is 227 Å². The quantitative estimate of drug-likeness (QED) is 0.0280. The normalized spacial score (nSPS) is 21.1. The third-order valence-electron chi connectivity index (χ3n) is 25.3. The van der Waals surface area contributed by atoms with E-state index in [1.807, 2.05) is 34.6 Å². The molecule has 5 aliphatic carbocycles. The zero-order valence-electron chi connectivity index (χ0n) is 73.6. The topological polar surface area (TPSA) is 92.3 Å². The molecule has 5 fully saturated rings. The number of hydrogen-bond donors (Lipinski definition) is 0. The molecular formula is C101H162O10. The Morgan fingerprint density at radius 2 is 0.459 bits per heavy atom. The maximum Gasteiger partial charge on any atom is 0.196 e. The van der Waals surface area contributed by atoms with Crippen molar-refractivity contribution in [3.63, 3.8) is 0 Å². The van der Waals surface area contributed by atoms with E-state index >= 15 is 0 Å². The Labute approximate surface area is 680 Å². The van der Waals surface area contributed by atoms with Crippen LogP contribution in [-0.2, 0) is 23.7 Å². The second kappa shape index (κ2) is 55.5. The Bertz CT molecular complexity index is 3030. The lowest BCUT2D eigenvalue weighted by molar-refractivity contribution is -0.0831. The van der Waals surface area contributed by atoms with Crippen LogP contribution in [0.5, 0.6) is 28.7 Å². The zero-order chi connectivity index (χ0) is 80.0. The summed E-state index contributed by atoms with van der Waals surface area (Å²) in [4.78, 5) is 0. The average molecular weight is 1540 g/mol. The molecule has 0 aromatic heterocycles. The maximum absolute atomic E-state index is 5.90. The fourth-order valence-electron chi connectivity index (χ4n) is 16.1. The van der Waals surface area contributed by atoms with Crippen molar-refractivity contribution in [2.24, 2.45) is 41.4 Å². The molecule has 0 aliphatic heterocycles. The van der Waals surface area contributed by atoms with Crippen LogP contribution in [0.1, 0.15) is 381 Å². The Hall–Kier alpha value is -5.10. The summed E-state index contributed by atoms with van der Waals surface area (Å²) < 4.78 is 58.5. The summed E-state index contributed by atoms with van der Waals surface area (Å²) >= 11 is 0. The van der Waals surface area contributed by atoms with Crippen LogP contribution in [0.15, 0.2) is 121 Å². The number of benzene rings is 5. The summed E-state index contributed by atoms with van der Waals surface area (Å²) in [7, 11) is 0. The van der Waals surface area contributed by atoms with E-state index in [2.05, 4.69) is 204 Å². The van der Waals surface area contributed by atoms with E-state index in [0.29, 0.717) is 29.6 Å². The van der Waals surface area contributed by atoms with Crippen molar-refractivity contribution in [1.29, 1.82) is 0 Å². The van der Waals surface area contributed by atoms with Gasteiger partial charge in [-0.3, -0.25) is 0 Å². The van der Waals surface area contributed by atoms with E-state index in [1.54, 1.807) is 0 Å². The molecule has 10 rings (SSSR count). The van der Waals surface area contributed by atoms with Gasteiger partial charge in [0.25, 0.3) is 0 Å². The minimum absolute atomic E-state index is 0.165. The fourth-order valence-corrected chi connectivity index (χ4v) is 16.1. The van der Waals surface area contributed by atoms with Crippen LogP contribution in [0.25, 0.3) is 0 Å². The first-order chi connectivity index (χ1) is 53.7. The molecule has 5 aromatic carbocycles. The largest absolute Gasteiger partial charge is 0.465 e. The van der Waals surface area contributed by atoms with E-state index in [9.17, 15) is 0 Å². The molecule has 111 heavy (non-hydrogen) atoms. The SMILES string of the molecule is CCC(C)c1ccc(OC(C)OCC2CCC(C)CC2)cc1.CCC(C)c1ccc(OC(C)OCC2CCCCC2)cc1.CCC(C)c1ccc(OC(C)OCCC2CCC(C)CC2)cc1.CCC(C)c1ccc(OC(C)OCCC2CCCCC2)cc1.CCC(C)c1ccc(OC(C)OCCCC2CCCCC2)cc1. The molecule has 0 radical (unpaired) electrons. The lowest BCUT2D eigenvalue weighted by atomic mass is 9.82. The molecule has 10 atom stereocenters. The third-order valence-corrected chi connectivity index (χ3v) is 25.3. The lowest BCUT2D eigenvalue weighted by Gasteiger charge is -2.27. The van der Waals surface area contributed by atoms with Crippen LogP contribution in [0.3, 0.4) is 0 Å². The highest BCUT2D eigenvalue weighted by molar-refractivity contribution is 5.33. The van der Waals surface area contributed by atoms with Gasteiger partial charge in [-0.1, -0.05) is 266 Å². The fraction of sp³-hybridized carbons (Fsp3) is 0.703. The van der Waals surface area contributed by atoms with Gasteiger partial charge in [-0.15, -0.1) is 0 Å². The third kappa shape index (κ3) is 39.4. The van der Waals surface area contributed by atoms with Crippen molar-refractivity contribution >= 4 is 0 Å². The molecule has 0 bridgehead atoms. The molecule has 5 saturated carbocycles. The van der Waals surface area contributed by atoms with Gasteiger partial charge in [0.2, 0.25) is 0 Å². The van der Waals surface area contributed by atoms with Gasteiger partial charge in [0.15, 0.2) is 31.5 Å². The summed E-state index contributed by atoms with van der Waals surface area (Å²) in [6, 6.07) is 42.2. The van der Waals surface area contributed by atoms with Crippen molar-refractivity contribution in [2.45, 2.75) is 384 Å². The minimum atomic E-state index is -0.174. The van der Waals surface area contributed by atoms with Crippen molar-refractivity contribution in [3.05, 3.63) is 149 Å². The summed E-state index contributed by atoms with van der Waals surface area (Å²) in [5, 5.41) is 0. The predicted molar refractivity (Wildman–Crippen MR) is 466 cm³/mol.